The minimum atomic E-state index is -0.0963. The molecule has 4 nitrogen and oxygen atoms in total. The van der Waals surface area contributed by atoms with Crippen LogP contribution in [0.4, 0.5) is 0 Å². The van der Waals surface area contributed by atoms with Crippen LogP contribution < -0.4 is 5.56 Å². The third-order valence-corrected chi connectivity index (χ3v) is 5.25. The lowest BCUT2D eigenvalue weighted by Crippen LogP contribution is -2.40. The standard InChI is InChI=1S/C23H25N3O/c1-16(2)20-14-22(27)25-23(24-20)19-10-6-7-17(13-19)15-26-12-11-21(26)18-8-4-3-5-9-18/h3-10,13-14,16,21H,11-12,15H2,1-2H3,(H,24,25,27). The fraction of sp³-hybridized carbons (Fsp3) is 0.304. The monoisotopic (exact) mass is 359 g/mol. The molecule has 3 aromatic rings. The molecule has 0 spiro atoms. The largest absolute Gasteiger partial charge is 0.307 e. The number of rotatable bonds is 5. The van der Waals surface area contributed by atoms with Gasteiger partial charge in [0.15, 0.2) is 0 Å². The summed E-state index contributed by atoms with van der Waals surface area (Å²) in [5.74, 6) is 0.873. The Morgan fingerprint density at radius 3 is 2.63 bits per heavy atom. The molecule has 138 valence electrons. The van der Waals surface area contributed by atoms with E-state index in [0.717, 1.165) is 24.3 Å². The number of nitrogens with one attached hydrogen (secondary N) is 1. The van der Waals surface area contributed by atoms with Gasteiger partial charge in [-0.05, 0) is 29.5 Å². The highest BCUT2D eigenvalue weighted by Gasteiger charge is 2.28. The molecule has 1 aliphatic heterocycles. The highest BCUT2D eigenvalue weighted by Crippen LogP contribution is 2.34. The zero-order chi connectivity index (χ0) is 18.8. The van der Waals surface area contributed by atoms with Crippen molar-refractivity contribution in [2.75, 3.05) is 6.54 Å². The molecular weight excluding hydrogens is 334 g/mol. The van der Waals surface area contributed by atoms with Gasteiger partial charge < -0.3 is 4.98 Å². The van der Waals surface area contributed by atoms with Crippen LogP contribution in [0.5, 0.6) is 0 Å². The van der Waals surface area contributed by atoms with Crippen molar-refractivity contribution in [1.82, 2.24) is 14.9 Å². The Labute approximate surface area is 159 Å². The maximum atomic E-state index is 12.0. The van der Waals surface area contributed by atoms with Gasteiger partial charge in [-0.15, -0.1) is 0 Å². The number of nitrogens with zero attached hydrogens (tertiary/aromatic N) is 2. The van der Waals surface area contributed by atoms with Crippen molar-refractivity contribution in [2.45, 2.75) is 38.8 Å². The van der Waals surface area contributed by atoms with E-state index in [1.54, 1.807) is 6.07 Å². The first kappa shape index (κ1) is 17.7. The van der Waals surface area contributed by atoms with Gasteiger partial charge >= 0.3 is 0 Å². The molecule has 2 aromatic carbocycles. The van der Waals surface area contributed by atoms with Gasteiger partial charge in [0.1, 0.15) is 5.82 Å². The number of hydrogen-bond donors (Lipinski definition) is 1. The maximum Gasteiger partial charge on any atom is 0.251 e. The Hall–Kier alpha value is -2.72. The number of H-pyrrole nitrogens is 1. The average molecular weight is 359 g/mol. The molecule has 0 bridgehead atoms. The second-order valence-corrected chi connectivity index (χ2v) is 7.56. The zero-order valence-electron chi connectivity index (χ0n) is 15.9. The van der Waals surface area contributed by atoms with Crippen LogP contribution >= 0.6 is 0 Å². The SMILES string of the molecule is CC(C)c1cc(=O)[nH]c(-c2cccc(CN3CCC3c3ccccc3)c2)n1. The molecule has 0 amide bonds. The van der Waals surface area contributed by atoms with Crippen molar-refractivity contribution < 1.29 is 0 Å². The lowest BCUT2D eigenvalue weighted by atomic mass is 9.94. The van der Waals surface area contributed by atoms with Crippen molar-refractivity contribution in [1.29, 1.82) is 0 Å². The quantitative estimate of drug-likeness (QED) is 0.729. The summed E-state index contributed by atoms with van der Waals surface area (Å²) >= 11 is 0. The molecular formula is C23H25N3O. The summed E-state index contributed by atoms with van der Waals surface area (Å²) in [6.45, 7) is 6.12. The minimum absolute atomic E-state index is 0.0963. The molecule has 1 fully saturated rings. The number of aromatic nitrogens is 2. The summed E-state index contributed by atoms with van der Waals surface area (Å²) in [4.78, 5) is 22.0. The summed E-state index contributed by atoms with van der Waals surface area (Å²) in [5, 5.41) is 0. The van der Waals surface area contributed by atoms with Gasteiger partial charge in [0.05, 0.1) is 5.69 Å². The Morgan fingerprint density at radius 2 is 1.93 bits per heavy atom. The summed E-state index contributed by atoms with van der Waals surface area (Å²) in [6, 6.07) is 21.1. The van der Waals surface area contributed by atoms with Gasteiger partial charge in [-0.25, -0.2) is 4.98 Å². The first-order valence-corrected chi connectivity index (χ1v) is 9.60. The second kappa shape index (κ2) is 7.49. The lowest BCUT2D eigenvalue weighted by Gasteiger charge is -2.41. The molecule has 2 heterocycles. The summed E-state index contributed by atoms with van der Waals surface area (Å²) < 4.78 is 0. The Bertz CT molecular complexity index is 978. The van der Waals surface area contributed by atoms with Crippen LogP contribution in [-0.4, -0.2) is 21.4 Å². The predicted octanol–water partition coefficient (Wildman–Crippen LogP) is 4.51. The predicted molar refractivity (Wildman–Crippen MR) is 109 cm³/mol. The molecule has 4 heteroatoms. The van der Waals surface area contributed by atoms with Crippen LogP contribution in [0.25, 0.3) is 11.4 Å². The Morgan fingerprint density at radius 1 is 1.11 bits per heavy atom. The van der Waals surface area contributed by atoms with Gasteiger partial charge in [0.25, 0.3) is 5.56 Å². The van der Waals surface area contributed by atoms with Crippen LogP contribution in [0.1, 0.15) is 49.0 Å². The van der Waals surface area contributed by atoms with E-state index in [0.29, 0.717) is 11.9 Å². The number of likely N-dealkylation sites (tertiary alicyclic amines) is 1. The third-order valence-electron chi connectivity index (χ3n) is 5.25. The summed E-state index contributed by atoms with van der Waals surface area (Å²) in [7, 11) is 0. The van der Waals surface area contributed by atoms with E-state index >= 15 is 0 Å². The van der Waals surface area contributed by atoms with E-state index in [1.165, 1.54) is 17.5 Å². The van der Waals surface area contributed by atoms with E-state index in [1.807, 2.05) is 12.1 Å². The first-order chi connectivity index (χ1) is 13.1. The van der Waals surface area contributed by atoms with Crippen LogP contribution in [0, 0.1) is 0 Å². The van der Waals surface area contributed by atoms with Crippen molar-refractivity contribution in [2.24, 2.45) is 0 Å². The van der Waals surface area contributed by atoms with E-state index in [-0.39, 0.29) is 11.5 Å². The van der Waals surface area contributed by atoms with Gasteiger partial charge in [-0.2, -0.15) is 0 Å². The molecule has 1 saturated heterocycles. The molecule has 1 atom stereocenters. The Balaban J connectivity index is 1.56. The van der Waals surface area contributed by atoms with Gasteiger partial charge in [0, 0.05) is 30.8 Å². The van der Waals surface area contributed by atoms with Crippen molar-refractivity contribution >= 4 is 0 Å². The normalized spacial score (nSPS) is 17.1. The van der Waals surface area contributed by atoms with Crippen molar-refractivity contribution in [3.05, 3.63) is 87.8 Å². The molecule has 4 rings (SSSR count). The zero-order valence-corrected chi connectivity index (χ0v) is 15.9. The molecule has 27 heavy (non-hydrogen) atoms. The molecule has 0 saturated carbocycles. The van der Waals surface area contributed by atoms with E-state index in [2.05, 4.69) is 71.2 Å². The first-order valence-electron chi connectivity index (χ1n) is 9.60. The number of benzene rings is 2. The van der Waals surface area contributed by atoms with Gasteiger partial charge in [-0.3, -0.25) is 9.69 Å². The smallest absolute Gasteiger partial charge is 0.251 e. The highest BCUT2D eigenvalue weighted by atomic mass is 16.1. The van der Waals surface area contributed by atoms with Gasteiger partial charge in [0.2, 0.25) is 0 Å². The van der Waals surface area contributed by atoms with Crippen LogP contribution in [-0.2, 0) is 6.54 Å². The third kappa shape index (κ3) is 3.86. The maximum absolute atomic E-state index is 12.0. The van der Waals surface area contributed by atoms with Crippen molar-refractivity contribution in [3.8, 4) is 11.4 Å². The molecule has 1 N–H and O–H groups in total. The molecule has 0 aliphatic carbocycles. The Kier molecular flexibility index (Phi) is 4.90. The van der Waals surface area contributed by atoms with Crippen LogP contribution in [0.15, 0.2) is 65.5 Å². The van der Waals surface area contributed by atoms with E-state index in [9.17, 15) is 4.79 Å². The summed E-state index contributed by atoms with van der Waals surface area (Å²) in [6.07, 6.45) is 1.20. The van der Waals surface area contributed by atoms with E-state index < -0.39 is 0 Å². The van der Waals surface area contributed by atoms with E-state index in [4.69, 9.17) is 0 Å². The topological polar surface area (TPSA) is 49.0 Å². The fourth-order valence-corrected chi connectivity index (χ4v) is 3.64. The van der Waals surface area contributed by atoms with Crippen molar-refractivity contribution in [3.63, 3.8) is 0 Å². The average Bonchev–Trinajstić information content (AvgIpc) is 2.66. The number of hydrogen-bond acceptors (Lipinski definition) is 3. The molecule has 0 radical (unpaired) electrons. The van der Waals surface area contributed by atoms with Crippen LogP contribution in [0.2, 0.25) is 0 Å². The molecule has 1 unspecified atom stereocenters. The van der Waals surface area contributed by atoms with Gasteiger partial charge in [-0.1, -0.05) is 62.4 Å². The van der Waals surface area contributed by atoms with Crippen LogP contribution in [0.3, 0.4) is 0 Å². The highest BCUT2D eigenvalue weighted by molar-refractivity contribution is 5.56. The minimum Gasteiger partial charge on any atom is -0.307 e. The molecule has 1 aromatic heterocycles. The molecule has 1 aliphatic rings. The fourth-order valence-electron chi connectivity index (χ4n) is 3.64. The number of aromatic amines is 1. The lowest BCUT2D eigenvalue weighted by molar-refractivity contribution is 0.0819. The summed E-state index contributed by atoms with van der Waals surface area (Å²) in [5.41, 5.74) is 4.32. The second-order valence-electron chi connectivity index (χ2n) is 7.56.